The predicted octanol–water partition coefficient (Wildman–Crippen LogP) is 2.73. The van der Waals surface area contributed by atoms with Crippen LogP contribution in [-0.4, -0.2) is 30.7 Å². The van der Waals surface area contributed by atoms with E-state index in [1.807, 2.05) is 6.07 Å². The van der Waals surface area contributed by atoms with Crippen LogP contribution in [0.1, 0.15) is 39.6 Å². The van der Waals surface area contributed by atoms with Gasteiger partial charge in [-0.2, -0.15) is 0 Å². The van der Waals surface area contributed by atoms with Crippen LogP contribution in [0.5, 0.6) is 0 Å². The molecular formula is C21H22N2O3. The first-order valence-corrected chi connectivity index (χ1v) is 8.41. The minimum Gasteiger partial charge on any atom is -0.352 e. The Bertz CT molecular complexity index is 813. The maximum atomic E-state index is 12.5. The Morgan fingerprint density at radius 1 is 0.846 bits per heavy atom. The van der Waals surface area contributed by atoms with Crippen molar-refractivity contribution in [1.29, 1.82) is 0 Å². The molecule has 2 aromatic rings. The predicted molar refractivity (Wildman–Crippen MR) is 101 cm³/mol. The molecule has 0 saturated heterocycles. The number of benzene rings is 2. The van der Waals surface area contributed by atoms with Gasteiger partial charge in [-0.25, -0.2) is 0 Å². The first-order valence-electron chi connectivity index (χ1n) is 8.41. The zero-order valence-corrected chi connectivity index (χ0v) is 14.7. The van der Waals surface area contributed by atoms with Crippen LogP contribution in [-0.2, 0) is 4.79 Å². The highest BCUT2D eigenvalue weighted by molar-refractivity contribution is 6.10. The molecule has 0 atom stereocenters. The van der Waals surface area contributed by atoms with E-state index in [4.69, 9.17) is 0 Å². The molecule has 0 aromatic heterocycles. The summed E-state index contributed by atoms with van der Waals surface area (Å²) in [4.78, 5) is 36.0. The van der Waals surface area contributed by atoms with Gasteiger partial charge < -0.3 is 10.6 Å². The second-order valence-electron chi connectivity index (χ2n) is 5.92. The third-order valence-corrected chi connectivity index (χ3v) is 3.74. The molecule has 0 unspecified atom stereocenters. The van der Waals surface area contributed by atoms with Gasteiger partial charge in [0.25, 0.3) is 5.91 Å². The van der Waals surface area contributed by atoms with Gasteiger partial charge in [0.05, 0.1) is 0 Å². The average molecular weight is 350 g/mol. The van der Waals surface area contributed by atoms with Gasteiger partial charge in [-0.1, -0.05) is 49.0 Å². The van der Waals surface area contributed by atoms with Gasteiger partial charge in [0.1, 0.15) is 0 Å². The van der Waals surface area contributed by atoms with E-state index in [9.17, 15) is 14.4 Å². The highest BCUT2D eigenvalue weighted by Gasteiger charge is 2.12. The lowest BCUT2D eigenvalue weighted by Crippen LogP contribution is -2.30. The molecule has 0 bridgehead atoms. The lowest BCUT2D eigenvalue weighted by Gasteiger charge is -2.08. The quantitative estimate of drug-likeness (QED) is 0.437. The van der Waals surface area contributed by atoms with E-state index in [1.54, 1.807) is 55.5 Å². The van der Waals surface area contributed by atoms with E-state index in [0.29, 0.717) is 41.8 Å². The molecule has 0 aliphatic rings. The van der Waals surface area contributed by atoms with Gasteiger partial charge in [-0.05, 0) is 25.5 Å². The Labute approximate surface area is 153 Å². The van der Waals surface area contributed by atoms with Crippen molar-refractivity contribution in [3.63, 3.8) is 0 Å². The Hall–Kier alpha value is -3.21. The fourth-order valence-electron chi connectivity index (χ4n) is 2.30. The summed E-state index contributed by atoms with van der Waals surface area (Å²) in [7, 11) is 0. The molecule has 0 radical (unpaired) electrons. The van der Waals surface area contributed by atoms with Crippen molar-refractivity contribution in [2.45, 2.75) is 13.3 Å². The van der Waals surface area contributed by atoms with Crippen molar-refractivity contribution < 1.29 is 14.4 Å². The minimum absolute atomic E-state index is 0.122. The molecule has 0 saturated carbocycles. The second kappa shape index (κ2) is 9.32. The van der Waals surface area contributed by atoms with Crippen LogP contribution >= 0.6 is 0 Å². The zero-order chi connectivity index (χ0) is 18.9. The molecule has 5 heteroatoms. The number of amides is 2. The maximum absolute atomic E-state index is 12.5. The highest BCUT2D eigenvalue weighted by Crippen LogP contribution is 2.12. The molecule has 0 spiro atoms. The molecule has 0 aliphatic heterocycles. The van der Waals surface area contributed by atoms with Crippen LogP contribution in [0.4, 0.5) is 0 Å². The summed E-state index contributed by atoms with van der Waals surface area (Å²) in [6.45, 7) is 6.08. The Kier molecular flexibility index (Phi) is 6.85. The van der Waals surface area contributed by atoms with E-state index in [2.05, 4.69) is 17.2 Å². The van der Waals surface area contributed by atoms with Gasteiger partial charge in [-0.15, -0.1) is 0 Å². The number of carbonyl (C=O) groups excluding carboxylic acids is 3. The van der Waals surface area contributed by atoms with Crippen LogP contribution in [0.15, 0.2) is 66.7 Å². The lowest BCUT2D eigenvalue weighted by molar-refractivity contribution is -0.117. The van der Waals surface area contributed by atoms with Crippen molar-refractivity contribution in [2.75, 3.05) is 13.1 Å². The molecule has 2 N–H and O–H groups in total. The normalized spacial score (nSPS) is 10.0. The fourth-order valence-corrected chi connectivity index (χ4v) is 2.30. The minimum atomic E-state index is -0.251. The van der Waals surface area contributed by atoms with Crippen LogP contribution in [0.2, 0.25) is 0 Å². The van der Waals surface area contributed by atoms with Crippen molar-refractivity contribution >= 4 is 17.6 Å². The SMILES string of the molecule is C=C(C)C(=O)NCCCNC(=O)c1cccc(C(=O)c2ccccc2)c1. The smallest absolute Gasteiger partial charge is 0.251 e. The van der Waals surface area contributed by atoms with E-state index in [-0.39, 0.29) is 17.6 Å². The highest BCUT2D eigenvalue weighted by atomic mass is 16.2. The number of hydrogen-bond donors (Lipinski definition) is 2. The average Bonchev–Trinajstić information content (AvgIpc) is 2.67. The summed E-state index contributed by atoms with van der Waals surface area (Å²) >= 11 is 0. The van der Waals surface area contributed by atoms with Gasteiger partial charge in [-0.3, -0.25) is 14.4 Å². The van der Waals surface area contributed by atoms with Crippen LogP contribution in [0, 0.1) is 0 Å². The third-order valence-electron chi connectivity index (χ3n) is 3.74. The summed E-state index contributed by atoms with van der Waals surface area (Å²) < 4.78 is 0. The molecule has 26 heavy (non-hydrogen) atoms. The molecule has 2 rings (SSSR count). The topological polar surface area (TPSA) is 75.3 Å². The molecule has 2 amide bonds. The molecular weight excluding hydrogens is 328 g/mol. The zero-order valence-electron chi connectivity index (χ0n) is 14.7. The monoisotopic (exact) mass is 350 g/mol. The summed E-state index contributed by atoms with van der Waals surface area (Å²) in [5.74, 6) is -0.565. The molecule has 134 valence electrons. The standard InChI is InChI=1S/C21H22N2O3/c1-15(2)20(25)22-12-7-13-23-21(26)18-11-6-10-17(14-18)19(24)16-8-4-3-5-9-16/h3-6,8-11,14H,1,7,12-13H2,2H3,(H,22,25)(H,23,26). The number of hydrogen-bond acceptors (Lipinski definition) is 3. The third kappa shape index (κ3) is 5.41. The van der Waals surface area contributed by atoms with Crippen molar-refractivity contribution in [3.8, 4) is 0 Å². The number of carbonyl (C=O) groups is 3. The van der Waals surface area contributed by atoms with Crippen LogP contribution in [0.25, 0.3) is 0 Å². The first-order chi connectivity index (χ1) is 12.5. The van der Waals surface area contributed by atoms with Gasteiger partial charge >= 0.3 is 0 Å². The number of ketones is 1. The van der Waals surface area contributed by atoms with Gasteiger partial charge in [0.15, 0.2) is 5.78 Å². The molecule has 0 heterocycles. The molecule has 2 aromatic carbocycles. The van der Waals surface area contributed by atoms with Crippen LogP contribution < -0.4 is 10.6 Å². The summed E-state index contributed by atoms with van der Waals surface area (Å²) in [6.07, 6.45) is 0.605. The Morgan fingerprint density at radius 2 is 1.46 bits per heavy atom. The summed E-state index contributed by atoms with van der Waals surface area (Å²) in [5.41, 5.74) is 1.93. The first kappa shape index (κ1) is 19.1. The van der Waals surface area contributed by atoms with Crippen molar-refractivity contribution in [2.24, 2.45) is 0 Å². The molecule has 0 aliphatic carbocycles. The lowest BCUT2D eigenvalue weighted by atomic mass is 10.0. The van der Waals surface area contributed by atoms with E-state index in [0.717, 1.165) is 0 Å². The largest absolute Gasteiger partial charge is 0.352 e. The van der Waals surface area contributed by atoms with E-state index in [1.165, 1.54) is 0 Å². The van der Waals surface area contributed by atoms with E-state index >= 15 is 0 Å². The molecule has 0 fully saturated rings. The Balaban J connectivity index is 1.89. The fraction of sp³-hybridized carbons (Fsp3) is 0.190. The maximum Gasteiger partial charge on any atom is 0.251 e. The molecule has 5 nitrogen and oxygen atoms in total. The summed E-state index contributed by atoms with van der Waals surface area (Å²) in [5, 5.41) is 5.49. The van der Waals surface area contributed by atoms with Crippen LogP contribution in [0.3, 0.4) is 0 Å². The van der Waals surface area contributed by atoms with Crippen molar-refractivity contribution in [3.05, 3.63) is 83.4 Å². The Morgan fingerprint density at radius 3 is 2.15 bits per heavy atom. The second-order valence-corrected chi connectivity index (χ2v) is 5.92. The number of rotatable bonds is 8. The van der Waals surface area contributed by atoms with Gasteiger partial charge in [0.2, 0.25) is 5.91 Å². The van der Waals surface area contributed by atoms with E-state index < -0.39 is 0 Å². The van der Waals surface area contributed by atoms with Gasteiger partial charge in [0, 0.05) is 35.4 Å². The summed E-state index contributed by atoms with van der Waals surface area (Å²) in [6, 6.07) is 15.6. The number of nitrogens with one attached hydrogen (secondary N) is 2. The van der Waals surface area contributed by atoms with Crippen molar-refractivity contribution in [1.82, 2.24) is 10.6 Å².